The highest BCUT2D eigenvalue weighted by atomic mass is 16.4. The van der Waals surface area contributed by atoms with Gasteiger partial charge in [0.05, 0.1) is 6.33 Å². The normalized spacial score (nSPS) is 19.3. The standard InChI is InChI=1S/C11H14N4O4/c1-15-4-6(2-3-7(15)16)14-10(17)8-9(11(18)19)13-5-12-8/h5-6H,2-4H2,1H3,(H,12,13)(H,14,17)(H,18,19). The third-order valence-electron chi connectivity index (χ3n) is 3.03. The minimum atomic E-state index is -1.24. The second-order valence-electron chi connectivity index (χ2n) is 4.41. The zero-order valence-corrected chi connectivity index (χ0v) is 10.3. The molecule has 0 bridgehead atoms. The van der Waals surface area contributed by atoms with Crippen LogP contribution in [0.15, 0.2) is 6.33 Å². The van der Waals surface area contributed by atoms with E-state index in [2.05, 4.69) is 15.3 Å². The van der Waals surface area contributed by atoms with Crippen LogP contribution in [0.3, 0.4) is 0 Å². The van der Waals surface area contributed by atoms with Crippen LogP contribution in [-0.4, -0.2) is 57.4 Å². The van der Waals surface area contributed by atoms with Crippen molar-refractivity contribution in [3.8, 4) is 0 Å². The molecule has 0 aliphatic carbocycles. The van der Waals surface area contributed by atoms with E-state index in [1.54, 1.807) is 7.05 Å². The number of likely N-dealkylation sites (N-methyl/N-ethyl adjacent to an activating group) is 1. The van der Waals surface area contributed by atoms with Crippen LogP contribution in [0.4, 0.5) is 0 Å². The SMILES string of the molecule is CN1CC(NC(=O)c2nc[nH]c2C(=O)O)CCC1=O. The van der Waals surface area contributed by atoms with Crippen LogP contribution in [0.25, 0.3) is 0 Å². The summed E-state index contributed by atoms with van der Waals surface area (Å²) in [5.41, 5.74) is -0.384. The first-order chi connectivity index (χ1) is 8.99. The summed E-state index contributed by atoms with van der Waals surface area (Å²) in [6.45, 7) is 0.414. The van der Waals surface area contributed by atoms with E-state index >= 15 is 0 Å². The van der Waals surface area contributed by atoms with Crippen LogP contribution in [0.1, 0.15) is 33.8 Å². The van der Waals surface area contributed by atoms with Crippen molar-refractivity contribution in [2.24, 2.45) is 0 Å². The smallest absolute Gasteiger partial charge is 0.354 e. The summed E-state index contributed by atoms with van der Waals surface area (Å²) in [5.74, 6) is -1.75. The molecule has 0 saturated carbocycles. The molecule has 1 aromatic rings. The lowest BCUT2D eigenvalue weighted by Crippen LogP contribution is -2.48. The van der Waals surface area contributed by atoms with Crippen molar-refractivity contribution in [2.45, 2.75) is 18.9 Å². The maximum atomic E-state index is 11.9. The van der Waals surface area contributed by atoms with Crippen molar-refractivity contribution in [2.75, 3.05) is 13.6 Å². The number of nitrogens with one attached hydrogen (secondary N) is 2. The summed E-state index contributed by atoms with van der Waals surface area (Å²) >= 11 is 0. The van der Waals surface area contributed by atoms with Gasteiger partial charge in [-0.2, -0.15) is 0 Å². The van der Waals surface area contributed by atoms with Gasteiger partial charge in [0, 0.05) is 26.1 Å². The molecule has 1 saturated heterocycles. The first-order valence-electron chi connectivity index (χ1n) is 5.80. The molecule has 1 atom stereocenters. The van der Waals surface area contributed by atoms with Gasteiger partial charge in [-0.1, -0.05) is 0 Å². The van der Waals surface area contributed by atoms with Crippen LogP contribution in [0, 0.1) is 0 Å². The van der Waals surface area contributed by atoms with Gasteiger partial charge in [-0.15, -0.1) is 0 Å². The monoisotopic (exact) mass is 266 g/mol. The van der Waals surface area contributed by atoms with Crippen molar-refractivity contribution in [3.63, 3.8) is 0 Å². The van der Waals surface area contributed by atoms with Crippen LogP contribution in [-0.2, 0) is 4.79 Å². The topological polar surface area (TPSA) is 115 Å². The van der Waals surface area contributed by atoms with Gasteiger partial charge >= 0.3 is 5.97 Å². The number of carbonyl (C=O) groups excluding carboxylic acids is 2. The predicted octanol–water partition coefficient (Wildman–Crippen LogP) is -0.541. The van der Waals surface area contributed by atoms with Crippen LogP contribution >= 0.6 is 0 Å². The van der Waals surface area contributed by atoms with Crippen molar-refractivity contribution in [1.82, 2.24) is 20.2 Å². The summed E-state index contributed by atoms with van der Waals surface area (Å²) < 4.78 is 0. The molecule has 2 rings (SSSR count). The minimum absolute atomic E-state index is 0.0384. The molecule has 2 heterocycles. The maximum absolute atomic E-state index is 11.9. The Labute approximate surface area is 108 Å². The zero-order valence-electron chi connectivity index (χ0n) is 10.3. The van der Waals surface area contributed by atoms with Gasteiger partial charge in [0.1, 0.15) is 0 Å². The molecule has 1 fully saturated rings. The number of aromatic amines is 1. The molecule has 0 radical (unpaired) electrons. The fraction of sp³-hybridized carbons (Fsp3) is 0.455. The van der Waals surface area contributed by atoms with E-state index in [4.69, 9.17) is 5.11 Å². The number of H-pyrrole nitrogens is 1. The maximum Gasteiger partial charge on any atom is 0.354 e. The summed E-state index contributed by atoms with van der Waals surface area (Å²) in [5, 5.41) is 11.6. The van der Waals surface area contributed by atoms with Gasteiger partial charge < -0.3 is 20.3 Å². The number of hydrogen-bond acceptors (Lipinski definition) is 4. The third-order valence-corrected chi connectivity index (χ3v) is 3.03. The van der Waals surface area contributed by atoms with E-state index in [1.807, 2.05) is 0 Å². The Morgan fingerprint density at radius 1 is 1.58 bits per heavy atom. The number of rotatable bonds is 3. The summed E-state index contributed by atoms with van der Waals surface area (Å²) in [6.07, 6.45) is 2.07. The Balaban J connectivity index is 2.03. The minimum Gasteiger partial charge on any atom is -0.477 e. The van der Waals surface area contributed by atoms with Gasteiger partial charge in [-0.3, -0.25) is 9.59 Å². The van der Waals surface area contributed by atoms with Crippen molar-refractivity contribution in [1.29, 1.82) is 0 Å². The number of hydrogen-bond donors (Lipinski definition) is 3. The number of carbonyl (C=O) groups is 3. The summed E-state index contributed by atoms with van der Waals surface area (Å²) in [7, 11) is 1.66. The molecule has 1 aliphatic rings. The zero-order chi connectivity index (χ0) is 14.0. The largest absolute Gasteiger partial charge is 0.477 e. The highest BCUT2D eigenvalue weighted by molar-refractivity contribution is 6.02. The van der Waals surface area contributed by atoms with Gasteiger partial charge in [0.2, 0.25) is 5.91 Å². The highest BCUT2D eigenvalue weighted by Crippen LogP contribution is 2.11. The van der Waals surface area contributed by atoms with Crippen LogP contribution < -0.4 is 5.32 Å². The van der Waals surface area contributed by atoms with E-state index in [1.165, 1.54) is 4.90 Å². The second kappa shape index (κ2) is 5.09. The van der Waals surface area contributed by atoms with E-state index in [9.17, 15) is 14.4 Å². The average Bonchev–Trinajstić information content (AvgIpc) is 2.83. The molecule has 19 heavy (non-hydrogen) atoms. The molecular weight excluding hydrogens is 252 g/mol. The summed E-state index contributed by atoms with van der Waals surface area (Å²) in [4.78, 5) is 41.8. The Kier molecular flexibility index (Phi) is 3.50. The third kappa shape index (κ3) is 2.72. The molecule has 8 heteroatoms. The van der Waals surface area contributed by atoms with Gasteiger partial charge in [-0.05, 0) is 6.42 Å². The number of nitrogens with zero attached hydrogens (tertiary/aromatic N) is 2. The fourth-order valence-electron chi connectivity index (χ4n) is 2.01. The molecule has 3 N–H and O–H groups in total. The lowest BCUT2D eigenvalue weighted by molar-refractivity contribution is -0.132. The Morgan fingerprint density at radius 3 is 2.95 bits per heavy atom. The molecule has 1 unspecified atom stereocenters. The average molecular weight is 266 g/mol. The molecule has 0 aromatic carbocycles. The fourth-order valence-corrected chi connectivity index (χ4v) is 2.01. The van der Waals surface area contributed by atoms with Crippen molar-refractivity contribution < 1.29 is 19.5 Å². The summed E-state index contributed by atoms with van der Waals surface area (Å²) in [6, 6.07) is -0.187. The first kappa shape index (κ1) is 13.1. The van der Waals surface area contributed by atoms with E-state index in [0.29, 0.717) is 19.4 Å². The van der Waals surface area contributed by atoms with Gasteiger partial charge in [0.15, 0.2) is 11.4 Å². The lowest BCUT2D eigenvalue weighted by atomic mass is 10.1. The van der Waals surface area contributed by atoms with Crippen LogP contribution in [0.5, 0.6) is 0 Å². The molecule has 2 amide bonds. The number of carboxylic acid groups (broad SMARTS) is 1. The van der Waals surface area contributed by atoms with Crippen molar-refractivity contribution in [3.05, 3.63) is 17.7 Å². The number of amides is 2. The Morgan fingerprint density at radius 2 is 2.32 bits per heavy atom. The number of imidazole rings is 1. The quantitative estimate of drug-likeness (QED) is 0.679. The highest BCUT2D eigenvalue weighted by Gasteiger charge is 2.26. The lowest BCUT2D eigenvalue weighted by Gasteiger charge is -2.29. The Bertz CT molecular complexity index is 525. The Hall–Kier alpha value is -2.38. The van der Waals surface area contributed by atoms with Gasteiger partial charge in [-0.25, -0.2) is 9.78 Å². The number of likely N-dealkylation sites (tertiary alicyclic amines) is 1. The van der Waals surface area contributed by atoms with Crippen LogP contribution in [0.2, 0.25) is 0 Å². The number of aromatic nitrogens is 2. The van der Waals surface area contributed by atoms with E-state index in [-0.39, 0.29) is 23.3 Å². The molecular formula is C11H14N4O4. The molecule has 1 aromatic heterocycles. The second-order valence-corrected chi connectivity index (χ2v) is 4.41. The number of piperidine rings is 1. The molecule has 8 nitrogen and oxygen atoms in total. The van der Waals surface area contributed by atoms with E-state index in [0.717, 1.165) is 6.33 Å². The molecule has 102 valence electrons. The number of aromatic carboxylic acids is 1. The molecule has 1 aliphatic heterocycles. The first-order valence-corrected chi connectivity index (χ1v) is 5.80. The van der Waals surface area contributed by atoms with E-state index < -0.39 is 11.9 Å². The molecule has 0 spiro atoms. The number of carboxylic acids is 1. The predicted molar refractivity (Wildman–Crippen MR) is 63.7 cm³/mol. The van der Waals surface area contributed by atoms with Crippen molar-refractivity contribution >= 4 is 17.8 Å². The van der Waals surface area contributed by atoms with Gasteiger partial charge in [0.25, 0.3) is 5.91 Å².